The van der Waals surface area contributed by atoms with E-state index in [-0.39, 0.29) is 0 Å². The maximum Gasteiger partial charge on any atom is 0.196 e. The van der Waals surface area contributed by atoms with E-state index in [0.29, 0.717) is 11.4 Å². The van der Waals surface area contributed by atoms with Gasteiger partial charge in [0.1, 0.15) is 0 Å². The van der Waals surface area contributed by atoms with Crippen molar-refractivity contribution in [3.63, 3.8) is 0 Å². The number of fused-ring (bicyclic) bond motifs is 3. The Labute approximate surface area is 281 Å². The zero-order chi connectivity index (χ0) is 32.5. The van der Waals surface area contributed by atoms with E-state index in [1.54, 1.807) is 0 Å². The lowest BCUT2D eigenvalue weighted by Crippen LogP contribution is -2.75. The maximum absolute atomic E-state index is 8.46. The molecule has 0 amide bonds. The largest absolute Gasteiger partial charge is 0.311 e. The third-order valence-corrected chi connectivity index (χ3v) is 14.2. The minimum absolute atomic E-state index is 0.572. The van der Waals surface area contributed by atoms with Gasteiger partial charge in [-0.3, -0.25) is 0 Å². The molecule has 0 spiro atoms. The van der Waals surface area contributed by atoms with Crippen LogP contribution in [0.1, 0.15) is 0 Å². The first-order valence-electron chi connectivity index (χ1n) is 15.9. The van der Waals surface area contributed by atoms with Crippen molar-refractivity contribution < 1.29 is 0 Å². The third-order valence-electron chi connectivity index (χ3n) is 9.39. The fourth-order valence-corrected chi connectivity index (χ4v) is 12.4. The predicted molar refractivity (Wildman–Crippen MR) is 202 cm³/mol. The van der Waals surface area contributed by atoms with E-state index in [1.807, 2.05) is 12.1 Å². The van der Waals surface area contributed by atoms with Crippen molar-refractivity contribution in [2.45, 2.75) is 0 Å². The maximum atomic E-state index is 8.46. The molecule has 8 rings (SSSR count). The molecule has 0 bridgehead atoms. The monoisotopic (exact) mass is 627 g/mol. The van der Waals surface area contributed by atoms with Gasteiger partial charge in [0, 0.05) is 16.5 Å². The van der Waals surface area contributed by atoms with Gasteiger partial charge >= 0.3 is 0 Å². The van der Waals surface area contributed by atoms with E-state index < -0.39 is 8.07 Å². The Morgan fingerprint density at radius 1 is 0.438 bits per heavy atom. The Hall–Kier alpha value is -6.46. The van der Waals surface area contributed by atoms with Crippen molar-refractivity contribution in [3.05, 3.63) is 199 Å². The van der Waals surface area contributed by atoms with E-state index in [2.05, 4.69) is 178 Å². The molecule has 7 aromatic carbocycles. The van der Waals surface area contributed by atoms with Gasteiger partial charge in [-0.25, -0.2) is 9.69 Å². The van der Waals surface area contributed by atoms with Crippen molar-refractivity contribution in [1.29, 1.82) is 0 Å². The molecule has 3 nitrogen and oxygen atoms in total. The van der Waals surface area contributed by atoms with Gasteiger partial charge in [0.15, 0.2) is 19.4 Å². The summed E-state index contributed by atoms with van der Waals surface area (Å²) >= 11 is 0. The van der Waals surface area contributed by atoms with Crippen molar-refractivity contribution in [2.24, 2.45) is 0 Å². The van der Waals surface area contributed by atoms with Crippen LogP contribution in [-0.4, -0.2) is 12.6 Å². The van der Waals surface area contributed by atoms with Gasteiger partial charge < -0.3 is 4.57 Å². The highest BCUT2D eigenvalue weighted by Crippen LogP contribution is 2.37. The van der Waals surface area contributed by atoms with Crippen molar-refractivity contribution >= 4 is 62.0 Å². The summed E-state index contributed by atoms with van der Waals surface area (Å²) in [6.07, 6.45) is 0. The molecule has 0 saturated carbocycles. The zero-order valence-corrected chi connectivity index (χ0v) is 27.1. The number of nitrogens with zero attached hydrogens (tertiary/aromatic N) is 3. The van der Waals surface area contributed by atoms with Crippen LogP contribution in [0.2, 0.25) is 0 Å². The molecular weight excluding hydrogens is 599 g/mol. The zero-order valence-electron chi connectivity index (χ0n) is 26.1. The molecule has 0 fully saturated rings. The molecule has 224 valence electrons. The summed E-state index contributed by atoms with van der Waals surface area (Å²) in [5.74, 6) is 0. The average Bonchev–Trinajstić information content (AvgIpc) is 3.51. The quantitative estimate of drug-likeness (QED) is 0.0993. The molecule has 1 aromatic heterocycles. The van der Waals surface area contributed by atoms with E-state index in [1.165, 1.54) is 26.3 Å². The van der Waals surface area contributed by atoms with Gasteiger partial charge in [-0.05, 0) is 56.1 Å². The second kappa shape index (κ2) is 12.0. The first-order valence-corrected chi connectivity index (χ1v) is 17.9. The molecule has 0 saturated heterocycles. The molecule has 0 atom stereocenters. The van der Waals surface area contributed by atoms with E-state index in [4.69, 9.17) is 13.1 Å². The molecule has 4 heteroatoms. The lowest BCUT2D eigenvalue weighted by Gasteiger charge is -2.36. The summed E-state index contributed by atoms with van der Waals surface area (Å²) < 4.78 is 2.25. The summed E-state index contributed by atoms with van der Waals surface area (Å²) in [5.41, 5.74) is 6.15. The molecule has 0 aliphatic heterocycles. The number of hydrogen-bond donors (Lipinski definition) is 0. The Bertz CT molecular complexity index is 2370. The SMILES string of the molecule is [C-]#[N+]c1ccc(-c2ccc(-n3c4ccccc4c4ccccc43)cc2[N+]#[C-])c([Si](c2ccccc2)(c2ccccc2)c2ccccc2)c1. The third kappa shape index (κ3) is 4.55. The van der Waals surface area contributed by atoms with Crippen LogP contribution < -0.4 is 20.7 Å². The first-order chi connectivity index (χ1) is 23.7. The summed E-state index contributed by atoms with van der Waals surface area (Å²) in [6, 6.07) is 61.3. The molecule has 48 heavy (non-hydrogen) atoms. The summed E-state index contributed by atoms with van der Waals surface area (Å²) in [5, 5.41) is 7.12. The molecule has 0 unspecified atom stereocenters. The first kappa shape index (κ1) is 29.0. The second-order valence-corrected chi connectivity index (χ2v) is 15.6. The van der Waals surface area contributed by atoms with Gasteiger partial charge in [0.2, 0.25) is 0 Å². The number of hydrogen-bond acceptors (Lipinski definition) is 0. The predicted octanol–water partition coefficient (Wildman–Crippen LogP) is 8.93. The van der Waals surface area contributed by atoms with Gasteiger partial charge in [0.05, 0.1) is 24.2 Å². The lowest BCUT2D eigenvalue weighted by atomic mass is 10.0. The van der Waals surface area contributed by atoms with Crippen LogP contribution in [0.25, 0.3) is 48.3 Å². The second-order valence-electron chi connectivity index (χ2n) is 11.9. The van der Waals surface area contributed by atoms with E-state index in [9.17, 15) is 0 Å². The highest BCUT2D eigenvalue weighted by atomic mass is 28.3. The van der Waals surface area contributed by atoms with E-state index in [0.717, 1.165) is 33.0 Å². The molecule has 8 aromatic rings. The fourth-order valence-electron chi connectivity index (χ4n) is 7.36. The Morgan fingerprint density at radius 2 is 0.917 bits per heavy atom. The normalized spacial score (nSPS) is 11.3. The van der Waals surface area contributed by atoms with Crippen molar-refractivity contribution in [2.75, 3.05) is 0 Å². The van der Waals surface area contributed by atoms with Gasteiger partial charge in [-0.15, -0.1) is 0 Å². The Morgan fingerprint density at radius 3 is 1.42 bits per heavy atom. The Balaban J connectivity index is 1.44. The molecular formula is C44H29N3Si. The van der Waals surface area contributed by atoms with Crippen LogP contribution in [0.5, 0.6) is 0 Å². The summed E-state index contributed by atoms with van der Waals surface area (Å²) in [7, 11) is -3.00. The molecule has 0 radical (unpaired) electrons. The molecule has 0 aliphatic rings. The molecule has 0 N–H and O–H groups in total. The highest BCUT2D eigenvalue weighted by Gasteiger charge is 2.43. The highest BCUT2D eigenvalue weighted by molar-refractivity contribution is 7.20. The van der Waals surface area contributed by atoms with Gasteiger partial charge in [-0.1, -0.05) is 152 Å². The standard InChI is InChI=1S/C44H29N3Si/c1-45-32-26-28-40(37-29-27-33(31-41(37)46-2)47-42-24-14-12-22-38(42)39-23-13-15-25-43(39)47)44(30-32)48(34-16-6-3-7-17-34,35-18-8-4-9-19-35)36-20-10-5-11-21-36/h3-31H. The number of rotatable bonds is 6. The number of para-hydroxylation sites is 2. The van der Waals surface area contributed by atoms with Crippen molar-refractivity contribution in [1.82, 2.24) is 4.57 Å². The van der Waals surface area contributed by atoms with Gasteiger partial charge in [0.25, 0.3) is 0 Å². The van der Waals surface area contributed by atoms with Crippen LogP contribution >= 0.6 is 0 Å². The van der Waals surface area contributed by atoms with Gasteiger partial charge in [-0.2, -0.15) is 0 Å². The van der Waals surface area contributed by atoms with Crippen LogP contribution in [0.15, 0.2) is 176 Å². The number of benzene rings is 7. The summed E-state index contributed by atoms with van der Waals surface area (Å²) in [6.45, 7) is 16.5. The fraction of sp³-hybridized carbons (Fsp3) is 0. The Kier molecular flexibility index (Phi) is 7.27. The minimum Gasteiger partial charge on any atom is -0.311 e. The van der Waals surface area contributed by atoms with E-state index >= 15 is 0 Å². The van der Waals surface area contributed by atoms with Crippen molar-refractivity contribution in [3.8, 4) is 16.8 Å². The molecule has 1 heterocycles. The average molecular weight is 628 g/mol. The van der Waals surface area contributed by atoms with Crippen LogP contribution in [0, 0.1) is 13.1 Å². The smallest absolute Gasteiger partial charge is 0.196 e. The molecule has 0 aliphatic carbocycles. The number of aromatic nitrogens is 1. The van der Waals surface area contributed by atoms with Crippen LogP contribution in [-0.2, 0) is 0 Å². The van der Waals surface area contributed by atoms with Crippen LogP contribution in [0.3, 0.4) is 0 Å². The topological polar surface area (TPSA) is 13.6 Å². The lowest BCUT2D eigenvalue weighted by molar-refractivity contribution is 1.18. The van der Waals surface area contributed by atoms with Crippen LogP contribution in [0.4, 0.5) is 11.4 Å². The minimum atomic E-state index is -3.00. The summed E-state index contributed by atoms with van der Waals surface area (Å²) in [4.78, 5) is 8.07.